The van der Waals surface area contributed by atoms with Crippen LogP contribution in [-0.2, 0) is 4.74 Å². The molecule has 0 spiro atoms. The van der Waals surface area contributed by atoms with Crippen LogP contribution in [0, 0.1) is 5.92 Å². The fraction of sp³-hybridized carbons (Fsp3) is 0.632. The Balaban J connectivity index is 0.00000364. The molecule has 0 amide bonds. The van der Waals surface area contributed by atoms with Crippen molar-refractivity contribution in [3.63, 3.8) is 0 Å². The van der Waals surface area contributed by atoms with Gasteiger partial charge in [0.25, 0.3) is 0 Å². The van der Waals surface area contributed by atoms with Crippen LogP contribution in [-0.4, -0.2) is 56.1 Å². The summed E-state index contributed by atoms with van der Waals surface area (Å²) in [6.07, 6.45) is 1.88. The molecule has 8 heteroatoms. The summed E-state index contributed by atoms with van der Waals surface area (Å²) < 4.78 is 12.4. The van der Waals surface area contributed by atoms with Crippen molar-refractivity contribution in [2.45, 2.75) is 38.9 Å². The van der Waals surface area contributed by atoms with Crippen LogP contribution in [0.3, 0.4) is 0 Å². The number of aliphatic hydroxyl groups is 1. The summed E-state index contributed by atoms with van der Waals surface area (Å²) in [6.45, 7) is 6.74. The molecule has 27 heavy (non-hydrogen) atoms. The number of aliphatic hydroxyl groups excluding tert-OH is 1. The molecular formula is C19H31BrIN3O3. The topological polar surface area (TPSA) is 75.1 Å². The van der Waals surface area contributed by atoms with Crippen molar-refractivity contribution in [1.29, 1.82) is 0 Å². The summed E-state index contributed by atoms with van der Waals surface area (Å²) in [5, 5.41) is 16.4. The van der Waals surface area contributed by atoms with E-state index in [1.165, 1.54) is 12.8 Å². The summed E-state index contributed by atoms with van der Waals surface area (Å²) in [4.78, 5) is 4.42. The molecule has 0 bridgehead atoms. The van der Waals surface area contributed by atoms with E-state index in [9.17, 15) is 5.11 Å². The predicted molar refractivity (Wildman–Crippen MR) is 123 cm³/mol. The average Bonchev–Trinajstić information content (AvgIpc) is 3.44. The van der Waals surface area contributed by atoms with E-state index in [1.54, 1.807) is 0 Å². The Morgan fingerprint density at radius 3 is 2.74 bits per heavy atom. The Bertz CT molecular complexity index is 573. The molecule has 0 radical (unpaired) electrons. The van der Waals surface area contributed by atoms with Gasteiger partial charge >= 0.3 is 0 Å². The molecular weight excluding hydrogens is 525 g/mol. The molecule has 1 saturated carbocycles. The smallest absolute Gasteiger partial charge is 0.191 e. The highest BCUT2D eigenvalue weighted by Gasteiger charge is 2.21. The molecule has 0 aliphatic heterocycles. The lowest BCUT2D eigenvalue weighted by Crippen LogP contribution is -2.42. The van der Waals surface area contributed by atoms with Crippen LogP contribution in [0.15, 0.2) is 33.7 Å². The van der Waals surface area contributed by atoms with Gasteiger partial charge in [0.1, 0.15) is 11.9 Å². The zero-order valence-electron chi connectivity index (χ0n) is 16.0. The number of benzene rings is 1. The summed E-state index contributed by atoms with van der Waals surface area (Å²) >= 11 is 3.48. The normalized spacial score (nSPS) is 16.2. The largest absolute Gasteiger partial charge is 0.488 e. The standard InChI is InChI=1S/C19H30BrN3O3.HI/c1-3-21-19(23-11-16(24)13-25-12-15-8-9-15)22-10-14(2)26-18-7-5-4-6-17(18)20;/h4-7,14-16,24H,3,8-13H2,1-2H3,(H2,21,22,23);1H. The molecule has 1 fully saturated rings. The Morgan fingerprint density at radius 2 is 2.07 bits per heavy atom. The number of para-hydroxylation sites is 1. The SMILES string of the molecule is CCNC(=NCC(O)COCC1CC1)NCC(C)Oc1ccccc1Br.I. The van der Waals surface area contributed by atoms with E-state index in [1.807, 2.05) is 38.1 Å². The lowest BCUT2D eigenvalue weighted by atomic mass is 10.3. The number of rotatable bonds is 11. The molecule has 3 N–H and O–H groups in total. The van der Waals surface area contributed by atoms with Gasteiger partial charge in [-0.2, -0.15) is 0 Å². The molecule has 1 aromatic rings. The Hall–Kier alpha value is -0.580. The number of nitrogens with zero attached hydrogens (tertiary/aromatic N) is 1. The first-order valence-corrected chi connectivity index (χ1v) is 10.1. The molecule has 6 nitrogen and oxygen atoms in total. The second-order valence-electron chi connectivity index (χ2n) is 6.59. The van der Waals surface area contributed by atoms with Crippen LogP contribution in [0.4, 0.5) is 0 Å². The number of halogens is 2. The van der Waals surface area contributed by atoms with Gasteiger partial charge in [0, 0.05) is 13.2 Å². The fourth-order valence-corrected chi connectivity index (χ4v) is 2.66. The molecule has 0 aromatic heterocycles. The summed E-state index contributed by atoms with van der Waals surface area (Å²) in [5.41, 5.74) is 0. The fourth-order valence-electron chi connectivity index (χ4n) is 2.29. The van der Waals surface area contributed by atoms with Gasteiger partial charge in [-0.15, -0.1) is 24.0 Å². The maximum atomic E-state index is 9.98. The minimum Gasteiger partial charge on any atom is -0.488 e. The van der Waals surface area contributed by atoms with E-state index in [0.29, 0.717) is 31.6 Å². The number of aliphatic imine (C=N–C) groups is 1. The Kier molecular flexibility index (Phi) is 12.3. The molecule has 1 aliphatic carbocycles. The van der Waals surface area contributed by atoms with Crippen molar-refractivity contribution in [2.75, 3.05) is 32.8 Å². The monoisotopic (exact) mass is 555 g/mol. The van der Waals surface area contributed by atoms with Gasteiger partial charge in [0.05, 0.1) is 30.3 Å². The second-order valence-corrected chi connectivity index (χ2v) is 7.45. The third kappa shape index (κ3) is 10.5. The van der Waals surface area contributed by atoms with Crippen LogP contribution in [0.5, 0.6) is 5.75 Å². The van der Waals surface area contributed by atoms with E-state index in [0.717, 1.165) is 23.4 Å². The minimum absolute atomic E-state index is 0. The van der Waals surface area contributed by atoms with Crippen molar-refractivity contribution in [2.24, 2.45) is 10.9 Å². The molecule has 0 saturated heterocycles. The van der Waals surface area contributed by atoms with Gasteiger partial charge in [-0.05, 0) is 60.7 Å². The minimum atomic E-state index is -0.585. The zero-order chi connectivity index (χ0) is 18.8. The van der Waals surface area contributed by atoms with E-state index in [4.69, 9.17) is 9.47 Å². The summed E-state index contributed by atoms with van der Waals surface area (Å²) in [6, 6.07) is 7.78. The Morgan fingerprint density at radius 1 is 1.33 bits per heavy atom. The second kappa shape index (κ2) is 13.6. The first-order chi connectivity index (χ1) is 12.6. The summed E-state index contributed by atoms with van der Waals surface area (Å²) in [7, 11) is 0. The number of hydrogen-bond donors (Lipinski definition) is 3. The first kappa shape index (κ1) is 24.5. The van der Waals surface area contributed by atoms with E-state index in [2.05, 4.69) is 31.6 Å². The highest BCUT2D eigenvalue weighted by atomic mass is 127. The maximum Gasteiger partial charge on any atom is 0.191 e. The number of guanidine groups is 1. The van der Waals surface area contributed by atoms with Gasteiger partial charge in [-0.3, -0.25) is 4.99 Å². The molecule has 0 heterocycles. The number of nitrogens with one attached hydrogen (secondary N) is 2. The van der Waals surface area contributed by atoms with Crippen molar-refractivity contribution in [3.05, 3.63) is 28.7 Å². The maximum absolute atomic E-state index is 9.98. The van der Waals surface area contributed by atoms with Crippen LogP contribution in [0.25, 0.3) is 0 Å². The lowest BCUT2D eigenvalue weighted by Gasteiger charge is -2.18. The van der Waals surface area contributed by atoms with Crippen molar-refractivity contribution < 1.29 is 14.6 Å². The average molecular weight is 556 g/mol. The number of ether oxygens (including phenoxy) is 2. The van der Waals surface area contributed by atoms with Gasteiger partial charge in [0.2, 0.25) is 0 Å². The molecule has 2 rings (SSSR count). The summed E-state index contributed by atoms with van der Waals surface area (Å²) in [5.74, 6) is 2.18. The Labute approximate surface area is 187 Å². The first-order valence-electron chi connectivity index (χ1n) is 9.27. The van der Waals surface area contributed by atoms with Crippen molar-refractivity contribution in [1.82, 2.24) is 10.6 Å². The quantitative estimate of drug-likeness (QED) is 0.222. The van der Waals surface area contributed by atoms with Crippen LogP contribution < -0.4 is 15.4 Å². The molecule has 1 aromatic carbocycles. The van der Waals surface area contributed by atoms with E-state index in [-0.39, 0.29) is 30.1 Å². The van der Waals surface area contributed by atoms with Gasteiger partial charge < -0.3 is 25.2 Å². The third-order valence-electron chi connectivity index (χ3n) is 3.89. The zero-order valence-corrected chi connectivity index (χ0v) is 19.9. The van der Waals surface area contributed by atoms with Gasteiger partial charge in [-0.1, -0.05) is 12.1 Å². The van der Waals surface area contributed by atoms with E-state index < -0.39 is 6.10 Å². The van der Waals surface area contributed by atoms with E-state index >= 15 is 0 Å². The molecule has 1 aliphatic rings. The number of hydrogen-bond acceptors (Lipinski definition) is 4. The van der Waals surface area contributed by atoms with Gasteiger partial charge in [-0.25, -0.2) is 0 Å². The molecule has 2 atom stereocenters. The lowest BCUT2D eigenvalue weighted by molar-refractivity contribution is 0.0368. The van der Waals surface area contributed by atoms with Crippen molar-refractivity contribution >= 4 is 45.9 Å². The van der Waals surface area contributed by atoms with Crippen LogP contribution in [0.2, 0.25) is 0 Å². The van der Waals surface area contributed by atoms with Crippen LogP contribution >= 0.6 is 39.9 Å². The van der Waals surface area contributed by atoms with Gasteiger partial charge in [0.15, 0.2) is 5.96 Å². The van der Waals surface area contributed by atoms with Crippen molar-refractivity contribution in [3.8, 4) is 5.75 Å². The molecule has 154 valence electrons. The highest BCUT2D eigenvalue weighted by Crippen LogP contribution is 2.28. The van der Waals surface area contributed by atoms with Crippen LogP contribution in [0.1, 0.15) is 26.7 Å². The molecule has 2 unspecified atom stereocenters. The third-order valence-corrected chi connectivity index (χ3v) is 4.54. The highest BCUT2D eigenvalue weighted by molar-refractivity contribution is 14.0. The predicted octanol–water partition coefficient (Wildman–Crippen LogP) is 3.18.